The summed E-state index contributed by atoms with van der Waals surface area (Å²) < 4.78 is 0. The van der Waals surface area contributed by atoms with E-state index in [0.29, 0.717) is 11.7 Å². The number of nitrogens with one attached hydrogen (secondary N) is 3. The highest BCUT2D eigenvalue weighted by molar-refractivity contribution is 5.89. The number of aryl methyl sites for hydroxylation is 2. The van der Waals surface area contributed by atoms with Crippen LogP contribution in [0.15, 0.2) is 36.5 Å². The van der Waals surface area contributed by atoms with Gasteiger partial charge >= 0.3 is 6.03 Å². The molecule has 0 unspecified atom stereocenters. The van der Waals surface area contributed by atoms with Crippen LogP contribution in [0.25, 0.3) is 0 Å². The van der Waals surface area contributed by atoms with E-state index in [9.17, 15) is 4.79 Å². The summed E-state index contributed by atoms with van der Waals surface area (Å²) >= 11 is 0. The lowest BCUT2D eigenvalue weighted by Crippen LogP contribution is -2.30. The summed E-state index contributed by atoms with van der Waals surface area (Å²) in [7, 11) is 0. The van der Waals surface area contributed by atoms with E-state index < -0.39 is 0 Å². The first-order chi connectivity index (χ1) is 10.6. The number of carbonyl (C=O) groups is 1. The maximum absolute atomic E-state index is 11.6. The Morgan fingerprint density at radius 1 is 1.18 bits per heavy atom. The predicted octanol–water partition coefficient (Wildman–Crippen LogP) is 3.73. The van der Waals surface area contributed by atoms with Crippen molar-refractivity contribution < 1.29 is 4.79 Å². The highest BCUT2D eigenvalue weighted by atomic mass is 16.2. The minimum absolute atomic E-state index is 0.167. The number of hydrogen-bond acceptors (Lipinski definition) is 3. The molecule has 1 fully saturated rings. The summed E-state index contributed by atoms with van der Waals surface area (Å²) in [5.41, 5.74) is 4.12. The number of nitrogens with zero attached hydrogens (tertiary/aromatic N) is 1. The molecule has 0 bridgehead atoms. The fourth-order valence-corrected chi connectivity index (χ4v) is 2.21. The Hall–Kier alpha value is -2.56. The summed E-state index contributed by atoms with van der Waals surface area (Å²) in [6.45, 7) is 4.13. The third-order valence-corrected chi connectivity index (χ3v) is 3.58. The van der Waals surface area contributed by atoms with Gasteiger partial charge in [0.1, 0.15) is 5.82 Å². The fraction of sp³-hybridized carbons (Fsp3) is 0.294. The van der Waals surface area contributed by atoms with E-state index in [-0.39, 0.29) is 6.03 Å². The van der Waals surface area contributed by atoms with Crippen LogP contribution in [0.3, 0.4) is 0 Å². The smallest absolute Gasteiger partial charge is 0.319 e. The number of anilines is 3. The van der Waals surface area contributed by atoms with Gasteiger partial charge in [0.25, 0.3) is 0 Å². The molecule has 22 heavy (non-hydrogen) atoms. The van der Waals surface area contributed by atoms with Crippen molar-refractivity contribution in [3.63, 3.8) is 0 Å². The Morgan fingerprint density at radius 3 is 2.64 bits per heavy atom. The van der Waals surface area contributed by atoms with Gasteiger partial charge in [-0.2, -0.15) is 0 Å². The van der Waals surface area contributed by atoms with Crippen molar-refractivity contribution in [3.05, 3.63) is 47.7 Å². The quantitative estimate of drug-likeness (QED) is 0.805. The van der Waals surface area contributed by atoms with Crippen LogP contribution >= 0.6 is 0 Å². The number of carbonyl (C=O) groups excluding carboxylic acids is 1. The lowest BCUT2D eigenvalue weighted by atomic mass is 10.1. The minimum atomic E-state index is -0.167. The molecule has 0 saturated heterocycles. The van der Waals surface area contributed by atoms with Gasteiger partial charge in [-0.3, -0.25) is 0 Å². The van der Waals surface area contributed by atoms with Gasteiger partial charge < -0.3 is 16.0 Å². The standard InChI is InChI=1S/C17H20N4O/c1-11-3-7-15(12(2)9-11)21-16-8-6-14(10-18-16)20-17(22)19-13-4-5-13/h3,6-10,13H,4-5H2,1-2H3,(H,18,21)(H2,19,20,22). The molecule has 1 aromatic carbocycles. The van der Waals surface area contributed by atoms with Crippen molar-refractivity contribution in [1.82, 2.24) is 10.3 Å². The first kappa shape index (κ1) is 14.4. The molecular formula is C17H20N4O. The van der Waals surface area contributed by atoms with Gasteiger partial charge in [-0.25, -0.2) is 9.78 Å². The molecule has 1 aliphatic rings. The first-order valence-electron chi connectivity index (χ1n) is 7.48. The van der Waals surface area contributed by atoms with Gasteiger partial charge in [0.15, 0.2) is 0 Å². The molecule has 5 nitrogen and oxygen atoms in total. The largest absolute Gasteiger partial charge is 0.340 e. The molecule has 1 saturated carbocycles. The Morgan fingerprint density at radius 2 is 2.00 bits per heavy atom. The van der Waals surface area contributed by atoms with Crippen LogP contribution in [0.5, 0.6) is 0 Å². The van der Waals surface area contributed by atoms with Crippen molar-refractivity contribution in [2.45, 2.75) is 32.7 Å². The molecule has 0 radical (unpaired) electrons. The van der Waals surface area contributed by atoms with Crippen LogP contribution in [-0.2, 0) is 0 Å². The Bertz CT molecular complexity index is 678. The van der Waals surface area contributed by atoms with Crippen molar-refractivity contribution in [2.75, 3.05) is 10.6 Å². The van der Waals surface area contributed by atoms with Crippen LogP contribution in [-0.4, -0.2) is 17.1 Å². The van der Waals surface area contributed by atoms with Gasteiger partial charge in [-0.05, 0) is 50.5 Å². The second-order valence-corrected chi connectivity index (χ2v) is 5.75. The average Bonchev–Trinajstić information content (AvgIpc) is 3.28. The summed E-state index contributed by atoms with van der Waals surface area (Å²) in [6.07, 6.45) is 3.80. The molecule has 1 aliphatic carbocycles. The zero-order valence-electron chi connectivity index (χ0n) is 12.8. The maximum atomic E-state index is 11.6. The Kier molecular flexibility index (Phi) is 3.96. The number of amides is 2. The predicted molar refractivity (Wildman–Crippen MR) is 88.6 cm³/mol. The third kappa shape index (κ3) is 3.75. The van der Waals surface area contributed by atoms with Crippen molar-refractivity contribution >= 4 is 23.2 Å². The number of hydrogen-bond donors (Lipinski definition) is 3. The molecule has 114 valence electrons. The molecular weight excluding hydrogens is 276 g/mol. The maximum Gasteiger partial charge on any atom is 0.319 e. The number of rotatable bonds is 4. The molecule has 3 N–H and O–H groups in total. The van der Waals surface area contributed by atoms with Crippen molar-refractivity contribution in [1.29, 1.82) is 0 Å². The van der Waals surface area contributed by atoms with Crippen LogP contribution < -0.4 is 16.0 Å². The lowest BCUT2D eigenvalue weighted by Gasteiger charge is -2.10. The molecule has 5 heteroatoms. The molecule has 2 amide bonds. The van der Waals surface area contributed by atoms with E-state index in [4.69, 9.17) is 0 Å². The number of aromatic nitrogens is 1. The highest BCUT2D eigenvalue weighted by Crippen LogP contribution is 2.21. The average molecular weight is 296 g/mol. The lowest BCUT2D eigenvalue weighted by molar-refractivity contribution is 0.251. The minimum Gasteiger partial charge on any atom is -0.340 e. The van der Waals surface area contributed by atoms with E-state index in [2.05, 4.69) is 46.9 Å². The van der Waals surface area contributed by atoms with Crippen molar-refractivity contribution in [2.24, 2.45) is 0 Å². The van der Waals surface area contributed by atoms with Crippen molar-refractivity contribution in [3.8, 4) is 0 Å². The second kappa shape index (κ2) is 6.05. The van der Waals surface area contributed by atoms with Crippen LogP contribution in [0, 0.1) is 13.8 Å². The molecule has 1 aromatic heterocycles. The van der Waals surface area contributed by atoms with Gasteiger partial charge in [-0.1, -0.05) is 17.7 Å². The number of urea groups is 1. The SMILES string of the molecule is Cc1ccc(Nc2ccc(NC(=O)NC3CC3)cn2)c(C)c1. The Labute approximate surface area is 130 Å². The van der Waals surface area contributed by atoms with E-state index >= 15 is 0 Å². The van der Waals surface area contributed by atoms with E-state index in [1.807, 2.05) is 18.2 Å². The van der Waals surface area contributed by atoms with Crippen LogP contribution in [0.4, 0.5) is 22.0 Å². The number of benzene rings is 1. The summed E-state index contributed by atoms with van der Waals surface area (Å²) in [5.74, 6) is 0.750. The molecule has 1 heterocycles. The van der Waals surface area contributed by atoms with Gasteiger partial charge in [-0.15, -0.1) is 0 Å². The summed E-state index contributed by atoms with van der Waals surface area (Å²) in [5, 5.41) is 8.94. The fourth-order valence-electron chi connectivity index (χ4n) is 2.21. The van der Waals surface area contributed by atoms with Gasteiger partial charge in [0, 0.05) is 11.7 Å². The second-order valence-electron chi connectivity index (χ2n) is 5.75. The number of pyridine rings is 1. The molecule has 0 aliphatic heterocycles. The molecule has 0 atom stereocenters. The summed E-state index contributed by atoms with van der Waals surface area (Å²) in [6, 6.07) is 10.1. The normalized spacial score (nSPS) is 13.5. The van der Waals surface area contributed by atoms with E-state index in [1.54, 1.807) is 6.20 Å². The van der Waals surface area contributed by atoms with E-state index in [0.717, 1.165) is 24.3 Å². The Balaban J connectivity index is 1.62. The zero-order chi connectivity index (χ0) is 15.5. The molecule has 2 aromatic rings. The zero-order valence-corrected chi connectivity index (χ0v) is 12.8. The summed E-state index contributed by atoms with van der Waals surface area (Å²) in [4.78, 5) is 16.0. The molecule has 3 rings (SSSR count). The highest BCUT2D eigenvalue weighted by Gasteiger charge is 2.23. The molecule has 0 spiro atoms. The topological polar surface area (TPSA) is 66.0 Å². The van der Waals surface area contributed by atoms with Gasteiger partial charge in [0.05, 0.1) is 11.9 Å². The van der Waals surface area contributed by atoms with Crippen LogP contribution in [0.1, 0.15) is 24.0 Å². The van der Waals surface area contributed by atoms with Crippen LogP contribution in [0.2, 0.25) is 0 Å². The van der Waals surface area contributed by atoms with E-state index in [1.165, 1.54) is 11.1 Å². The monoisotopic (exact) mass is 296 g/mol. The van der Waals surface area contributed by atoms with Gasteiger partial charge in [0.2, 0.25) is 0 Å². The third-order valence-electron chi connectivity index (χ3n) is 3.58. The first-order valence-corrected chi connectivity index (χ1v) is 7.48.